The highest BCUT2D eigenvalue weighted by atomic mass is 32.2. The molecule has 2 rings (SSSR count). The van der Waals surface area contributed by atoms with Crippen molar-refractivity contribution in [3.05, 3.63) is 65.2 Å². The molecule has 0 aliphatic heterocycles. The molecular weight excluding hydrogens is 418 g/mol. The Kier molecular flexibility index (Phi) is 8.32. The molecular formula is C22H27N3O5S. The zero-order chi connectivity index (χ0) is 23.0. The third-order valence-corrected chi connectivity index (χ3v) is 5.96. The second-order valence-electron chi connectivity index (χ2n) is 7.35. The van der Waals surface area contributed by atoms with E-state index in [1.165, 1.54) is 12.1 Å². The average Bonchev–Trinajstić information content (AvgIpc) is 2.70. The number of nitrogen functional groups attached to an aromatic ring is 1. The van der Waals surface area contributed by atoms with Gasteiger partial charge in [0, 0.05) is 18.2 Å². The van der Waals surface area contributed by atoms with Crippen LogP contribution in [-0.4, -0.2) is 37.5 Å². The van der Waals surface area contributed by atoms with Crippen molar-refractivity contribution >= 4 is 27.5 Å². The van der Waals surface area contributed by atoms with E-state index in [-0.39, 0.29) is 28.6 Å². The summed E-state index contributed by atoms with van der Waals surface area (Å²) in [6.07, 6.45) is 2.92. The van der Waals surface area contributed by atoms with Crippen LogP contribution < -0.4 is 11.1 Å². The van der Waals surface area contributed by atoms with E-state index in [4.69, 9.17) is 11.1 Å². The monoisotopic (exact) mass is 445 g/mol. The zero-order valence-electron chi connectivity index (χ0n) is 17.3. The Hall–Kier alpha value is -3.20. The van der Waals surface area contributed by atoms with E-state index < -0.39 is 28.3 Å². The van der Waals surface area contributed by atoms with Gasteiger partial charge in [-0.25, -0.2) is 8.42 Å². The minimum absolute atomic E-state index is 0.00978. The van der Waals surface area contributed by atoms with Crippen LogP contribution >= 0.6 is 0 Å². The molecule has 0 fully saturated rings. The molecule has 31 heavy (non-hydrogen) atoms. The molecule has 1 atom stereocenters. The fourth-order valence-corrected chi connectivity index (χ4v) is 4.22. The van der Waals surface area contributed by atoms with Crippen molar-refractivity contribution in [3.8, 4) is 0 Å². The highest BCUT2D eigenvalue weighted by Gasteiger charge is 2.24. The number of sulfone groups is 1. The van der Waals surface area contributed by atoms with Gasteiger partial charge in [-0.3, -0.25) is 15.0 Å². The second kappa shape index (κ2) is 10.7. The number of carbonyl (C=O) groups is 2. The lowest BCUT2D eigenvalue weighted by Crippen LogP contribution is -2.31. The Labute approximate surface area is 181 Å². The number of unbranched alkanes of at least 4 members (excludes halogenated alkanes) is 1. The molecule has 9 heteroatoms. The van der Waals surface area contributed by atoms with E-state index in [1.54, 1.807) is 24.3 Å². The lowest BCUT2D eigenvalue weighted by molar-refractivity contribution is -0.137. The van der Waals surface area contributed by atoms with Crippen LogP contribution in [-0.2, 0) is 25.8 Å². The van der Waals surface area contributed by atoms with Crippen LogP contribution in [0.3, 0.4) is 0 Å². The van der Waals surface area contributed by atoms with Crippen LogP contribution in [0.2, 0.25) is 0 Å². The number of carboxylic acid groups (broad SMARTS) is 1. The molecule has 8 nitrogen and oxygen atoms in total. The highest BCUT2D eigenvalue weighted by molar-refractivity contribution is 7.90. The molecule has 0 aliphatic carbocycles. The number of aryl methyl sites for hydroxylation is 1. The van der Waals surface area contributed by atoms with Crippen molar-refractivity contribution in [1.29, 1.82) is 5.41 Å². The molecule has 166 valence electrons. The maximum Gasteiger partial charge on any atom is 0.305 e. The van der Waals surface area contributed by atoms with Crippen LogP contribution in [0.15, 0.2) is 53.4 Å². The summed E-state index contributed by atoms with van der Waals surface area (Å²) in [5, 5.41) is 19.3. The van der Waals surface area contributed by atoms with Crippen LogP contribution in [0.4, 0.5) is 0 Å². The number of amidine groups is 1. The van der Waals surface area contributed by atoms with Gasteiger partial charge in [-0.2, -0.15) is 0 Å². The smallest absolute Gasteiger partial charge is 0.305 e. The molecule has 2 aromatic rings. The van der Waals surface area contributed by atoms with Gasteiger partial charge in [-0.05, 0) is 36.5 Å². The number of nitrogens with two attached hydrogens (primary N) is 1. The number of amides is 1. The topological polar surface area (TPSA) is 150 Å². The molecule has 0 aromatic heterocycles. The SMILES string of the molecule is CS(=O)(=O)c1ccccc1C(CC(=O)O)NC(=O)CCCCc1ccc(C(=N)N)cc1. The summed E-state index contributed by atoms with van der Waals surface area (Å²) in [6.45, 7) is 0. The van der Waals surface area contributed by atoms with Crippen molar-refractivity contribution in [2.75, 3.05) is 6.26 Å². The molecule has 2 aromatic carbocycles. The number of benzene rings is 2. The first-order valence-corrected chi connectivity index (χ1v) is 11.7. The molecule has 0 saturated heterocycles. The molecule has 0 bridgehead atoms. The first-order chi connectivity index (χ1) is 14.6. The molecule has 0 heterocycles. The van der Waals surface area contributed by atoms with Crippen molar-refractivity contribution in [1.82, 2.24) is 5.32 Å². The van der Waals surface area contributed by atoms with Gasteiger partial charge in [0.2, 0.25) is 5.91 Å². The average molecular weight is 446 g/mol. The Bertz CT molecular complexity index is 1050. The van der Waals surface area contributed by atoms with Crippen LogP contribution in [0.1, 0.15) is 48.4 Å². The fourth-order valence-electron chi connectivity index (χ4n) is 3.25. The van der Waals surface area contributed by atoms with Gasteiger partial charge in [0.15, 0.2) is 9.84 Å². The van der Waals surface area contributed by atoms with Gasteiger partial charge in [0.05, 0.1) is 17.4 Å². The number of nitrogens with one attached hydrogen (secondary N) is 2. The standard InChI is InChI=1S/C22H27N3O5S/c1-31(29,30)19-8-4-3-7-17(19)18(14-21(27)28)25-20(26)9-5-2-6-15-10-12-16(13-11-15)22(23)24/h3-4,7-8,10-13,18H,2,5-6,9,14H2,1H3,(H3,23,24)(H,25,26)(H,27,28). The summed E-state index contributed by atoms with van der Waals surface area (Å²) in [7, 11) is -3.58. The summed E-state index contributed by atoms with van der Waals surface area (Å²) in [4.78, 5) is 23.7. The van der Waals surface area contributed by atoms with E-state index >= 15 is 0 Å². The maximum absolute atomic E-state index is 12.4. The Morgan fingerprint density at radius 2 is 1.74 bits per heavy atom. The van der Waals surface area contributed by atoms with Gasteiger partial charge in [-0.15, -0.1) is 0 Å². The van der Waals surface area contributed by atoms with E-state index in [0.717, 1.165) is 24.7 Å². The van der Waals surface area contributed by atoms with Gasteiger partial charge >= 0.3 is 5.97 Å². The van der Waals surface area contributed by atoms with E-state index in [0.29, 0.717) is 12.0 Å². The molecule has 0 spiro atoms. The first-order valence-electron chi connectivity index (χ1n) is 9.81. The quantitative estimate of drug-likeness (QED) is 0.237. The number of hydrogen-bond donors (Lipinski definition) is 4. The number of rotatable bonds is 11. The number of hydrogen-bond acceptors (Lipinski definition) is 5. The van der Waals surface area contributed by atoms with Gasteiger partial charge < -0.3 is 16.2 Å². The number of aliphatic carboxylic acids is 1. The normalized spacial score (nSPS) is 12.2. The number of carbonyl (C=O) groups excluding carboxylic acids is 1. The van der Waals surface area contributed by atoms with Crippen LogP contribution in [0.5, 0.6) is 0 Å². The molecule has 0 saturated carbocycles. The third kappa shape index (κ3) is 7.53. The van der Waals surface area contributed by atoms with Gasteiger partial charge in [-0.1, -0.05) is 42.5 Å². The molecule has 5 N–H and O–H groups in total. The number of carboxylic acids is 1. The minimum atomic E-state index is -3.58. The third-order valence-electron chi connectivity index (χ3n) is 4.79. The van der Waals surface area contributed by atoms with Gasteiger partial charge in [0.25, 0.3) is 0 Å². The first kappa shape index (κ1) is 24.1. The lowest BCUT2D eigenvalue weighted by Gasteiger charge is -2.20. The fraction of sp³-hybridized carbons (Fsp3) is 0.318. The largest absolute Gasteiger partial charge is 0.481 e. The van der Waals surface area contributed by atoms with Gasteiger partial charge in [0.1, 0.15) is 5.84 Å². The van der Waals surface area contributed by atoms with Crippen molar-refractivity contribution in [2.45, 2.75) is 43.0 Å². The summed E-state index contributed by atoms with van der Waals surface area (Å²) < 4.78 is 24.1. The van der Waals surface area contributed by atoms with Crippen molar-refractivity contribution in [2.24, 2.45) is 5.73 Å². The van der Waals surface area contributed by atoms with Crippen molar-refractivity contribution < 1.29 is 23.1 Å². The molecule has 1 amide bonds. The molecule has 0 radical (unpaired) electrons. The second-order valence-corrected chi connectivity index (χ2v) is 9.33. The minimum Gasteiger partial charge on any atom is -0.481 e. The molecule has 0 aliphatic rings. The predicted molar refractivity (Wildman–Crippen MR) is 118 cm³/mol. The van der Waals surface area contributed by atoms with E-state index in [2.05, 4.69) is 5.32 Å². The van der Waals surface area contributed by atoms with E-state index in [9.17, 15) is 23.1 Å². The lowest BCUT2D eigenvalue weighted by atomic mass is 10.0. The highest BCUT2D eigenvalue weighted by Crippen LogP contribution is 2.25. The Morgan fingerprint density at radius 1 is 1.10 bits per heavy atom. The van der Waals surface area contributed by atoms with Crippen LogP contribution in [0, 0.1) is 5.41 Å². The zero-order valence-corrected chi connectivity index (χ0v) is 18.1. The Morgan fingerprint density at radius 3 is 2.32 bits per heavy atom. The summed E-state index contributed by atoms with van der Waals surface area (Å²) in [5.41, 5.74) is 7.42. The Balaban J connectivity index is 1.96. The van der Waals surface area contributed by atoms with Crippen molar-refractivity contribution in [3.63, 3.8) is 0 Å². The maximum atomic E-state index is 12.4. The summed E-state index contributed by atoms with van der Waals surface area (Å²) in [6, 6.07) is 12.5. The van der Waals surface area contributed by atoms with E-state index in [1.807, 2.05) is 12.1 Å². The molecule has 1 unspecified atom stereocenters. The van der Waals surface area contributed by atoms with Crippen LogP contribution in [0.25, 0.3) is 0 Å². The summed E-state index contributed by atoms with van der Waals surface area (Å²) in [5.74, 6) is -1.46. The predicted octanol–water partition coefficient (Wildman–Crippen LogP) is 2.42. The summed E-state index contributed by atoms with van der Waals surface area (Å²) >= 11 is 0.